The normalized spacial score (nSPS) is 12.1. The van der Waals surface area contributed by atoms with E-state index in [0.29, 0.717) is 11.4 Å². The molecule has 0 saturated carbocycles. The van der Waals surface area contributed by atoms with Crippen LogP contribution in [0.25, 0.3) is 0 Å². The molecule has 0 spiro atoms. The summed E-state index contributed by atoms with van der Waals surface area (Å²) < 4.78 is 37.2. The summed E-state index contributed by atoms with van der Waals surface area (Å²) in [5.41, 5.74) is 0.753. The van der Waals surface area contributed by atoms with E-state index in [1.54, 1.807) is 24.3 Å². The van der Waals surface area contributed by atoms with Crippen molar-refractivity contribution in [1.82, 2.24) is 0 Å². The number of rotatable bonds is 8. The van der Waals surface area contributed by atoms with E-state index >= 15 is 0 Å². The average molecular weight is 445 g/mol. The number of anilines is 1. The van der Waals surface area contributed by atoms with Crippen LogP contribution in [0.15, 0.2) is 63.7 Å². The van der Waals surface area contributed by atoms with Gasteiger partial charge >= 0.3 is 29.6 Å². The first kappa shape index (κ1) is 25.3. The van der Waals surface area contributed by atoms with Crippen LogP contribution in [-0.4, -0.2) is 37.8 Å². The van der Waals surface area contributed by atoms with Gasteiger partial charge in [0.15, 0.2) is 14.9 Å². The topological polar surface area (TPSA) is 137 Å². The largest absolute Gasteiger partial charge is 1.00 e. The first-order valence-corrected chi connectivity index (χ1v) is 10.5. The number of ether oxygens (including phenoxy) is 1. The Bertz CT molecular complexity index is 979. The predicted molar refractivity (Wildman–Crippen MR) is 103 cm³/mol. The van der Waals surface area contributed by atoms with Crippen LogP contribution in [-0.2, 0) is 18.7 Å². The molecule has 148 valence electrons. The predicted octanol–water partition coefficient (Wildman–Crippen LogP) is -0.0685. The number of ketones is 1. The van der Waals surface area contributed by atoms with Gasteiger partial charge in [0.1, 0.15) is 5.75 Å². The van der Waals surface area contributed by atoms with Gasteiger partial charge in [-0.15, -0.1) is 0 Å². The van der Waals surface area contributed by atoms with Gasteiger partial charge in [-0.3, -0.25) is 9.59 Å². The van der Waals surface area contributed by atoms with Crippen LogP contribution in [0, 0.1) is 0 Å². The van der Waals surface area contributed by atoms with Crippen molar-refractivity contribution in [2.24, 2.45) is 10.2 Å². The summed E-state index contributed by atoms with van der Waals surface area (Å²) in [5, 5.41) is 10.2. The summed E-state index contributed by atoms with van der Waals surface area (Å²) in [6.07, 6.45) is 0. The minimum atomic E-state index is -4.47. The number of carbonyl (C=O) groups is 2. The van der Waals surface area contributed by atoms with Crippen molar-refractivity contribution in [3.63, 3.8) is 0 Å². The molecule has 2 rings (SSSR count). The van der Waals surface area contributed by atoms with Crippen molar-refractivity contribution < 1.29 is 56.9 Å². The van der Waals surface area contributed by atoms with E-state index in [-0.39, 0.29) is 50.9 Å². The Morgan fingerprint density at radius 1 is 1.10 bits per heavy atom. The fourth-order valence-electron chi connectivity index (χ4n) is 2.01. The van der Waals surface area contributed by atoms with Crippen molar-refractivity contribution >= 4 is 43.0 Å². The Morgan fingerprint density at radius 3 is 2.17 bits per heavy atom. The summed E-state index contributed by atoms with van der Waals surface area (Å²) in [4.78, 5) is 24.3. The molecule has 0 saturated heterocycles. The zero-order valence-corrected chi connectivity index (χ0v) is 19.5. The third-order valence-corrected chi connectivity index (χ3v) is 5.17. The SMILES string of the molecule is COc1ccc(NC(=O)C(N=Nc2ccc(SS(=O)(=O)[O-])cc2)C(C)=O)cc1.[Na+]. The first-order chi connectivity index (χ1) is 13.2. The summed E-state index contributed by atoms with van der Waals surface area (Å²) >= 11 is 0. The molecule has 0 radical (unpaired) electrons. The van der Waals surface area contributed by atoms with Gasteiger partial charge in [-0.2, -0.15) is 10.2 Å². The van der Waals surface area contributed by atoms with E-state index in [0.717, 1.165) is 0 Å². The van der Waals surface area contributed by atoms with E-state index in [4.69, 9.17) is 4.74 Å². The number of Topliss-reactive ketones (excluding diaryl/α,β-unsaturated/α-hetero) is 1. The summed E-state index contributed by atoms with van der Waals surface area (Å²) in [6, 6.07) is 10.8. The molecule has 12 heteroatoms. The van der Waals surface area contributed by atoms with Crippen LogP contribution in [0.5, 0.6) is 5.75 Å². The standard InChI is InChI=1S/C17H17N3O6S2.Na/c1-11(21)16(17(22)18-12-3-7-14(26-2)8-4-12)20-19-13-5-9-15(10-6-13)27-28(23,24)25;/h3-10,16H,1-2H3,(H,18,22)(H,23,24,25);/q;+1/p-1. The van der Waals surface area contributed by atoms with Crippen molar-refractivity contribution in [3.05, 3.63) is 48.5 Å². The van der Waals surface area contributed by atoms with Gasteiger partial charge in [-0.25, -0.2) is 8.42 Å². The van der Waals surface area contributed by atoms with Gasteiger partial charge < -0.3 is 14.6 Å². The second-order valence-electron chi connectivity index (χ2n) is 5.43. The fourth-order valence-corrected chi connectivity index (χ4v) is 3.54. The Kier molecular flexibility index (Phi) is 9.96. The number of hydrogen-bond acceptors (Lipinski definition) is 9. The Balaban J connectivity index is 0.00000420. The Morgan fingerprint density at radius 2 is 1.69 bits per heavy atom. The molecule has 0 aliphatic carbocycles. The molecule has 0 aliphatic rings. The zero-order chi connectivity index (χ0) is 20.7. The quantitative estimate of drug-likeness (QED) is 0.197. The maximum atomic E-state index is 12.3. The summed E-state index contributed by atoms with van der Waals surface area (Å²) in [7, 11) is -2.78. The number of azo groups is 1. The van der Waals surface area contributed by atoms with Crippen LogP contribution in [0.1, 0.15) is 6.92 Å². The van der Waals surface area contributed by atoms with Gasteiger partial charge in [0.05, 0.1) is 12.8 Å². The van der Waals surface area contributed by atoms with Crippen molar-refractivity contribution in [2.45, 2.75) is 17.9 Å². The van der Waals surface area contributed by atoms with E-state index in [9.17, 15) is 22.6 Å². The Labute approximate surface area is 193 Å². The molecule has 0 heterocycles. The number of methoxy groups -OCH3 is 1. The van der Waals surface area contributed by atoms with Crippen molar-refractivity contribution in [1.29, 1.82) is 0 Å². The third-order valence-electron chi connectivity index (χ3n) is 3.31. The summed E-state index contributed by atoms with van der Waals surface area (Å²) in [6.45, 7) is 1.22. The molecule has 9 nitrogen and oxygen atoms in total. The molecule has 0 bridgehead atoms. The number of amides is 1. The molecule has 2 aromatic rings. The number of nitrogens with zero attached hydrogens (tertiary/aromatic N) is 2. The smallest absolute Gasteiger partial charge is 0.739 e. The number of benzene rings is 2. The second kappa shape index (κ2) is 11.4. The average Bonchev–Trinajstić information content (AvgIpc) is 2.62. The number of nitrogens with one attached hydrogen (secondary N) is 1. The van der Waals surface area contributed by atoms with Crippen molar-refractivity contribution in [3.8, 4) is 5.75 Å². The summed E-state index contributed by atoms with van der Waals surface area (Å²) in [5.74, 6) is -0.530. The molecule has 1 N–H and O–H groups in total. The van der Waals surface area contributed by atoms with Crippen LogP contribution in [0.4, 0.5) is 11.4 Å². The zero-order valence-electron chi connectivity index (χ0n) is 15.9. The molecule has 0 aromatic heterocycles. The van der Waals surface area contributed by atoms with Gasteiger partial charge in [-0.05, 0) is 66.2 Å². The van der Waals surface area contributed by atoms with Crippen LogP contribution < -0.4 is 39.6 Å². The second-order valence-corrected chi connectivity index (χ2v) is 8.61. The maximum Gasteiger partial charge on any atom is 1.00 e. The monoisotopic (exact) mass is 445 g/mol. The van der Waals surface area contributed by atoms with Crippen LogP contribution in [0.2, 0.25) is 0 Å². The minimum absolute atomic E-state index is 0. The van der Waals surface area contributed by atoms with E-state index < -0.39 is 26.9 Å². The molecule has 1 amide bonds. The molecular formula is C17H16N3NaO6S2. The fraction of sp³-hybridized carbons (Fsp3) is 0.176. The molecule has 1 unspecified atom stereocenters. The molecule has 29 heavy (non-hydrogen) atoms. The van der Waals surface area contributed by atoms with E-state index in [1.165, 1.54) is 38.3 Å². The van der Waals surface area contributed by atoms with E-state index in [2.05, 4.69) is 15.5 Å². The third kappa shape index (κ3) is 8.64. The van der Waals surface area contributed by atoms with Gasteiger partial charge in [-0.1, -0.05) is 0 Å². The maximum absolute atomic E-state index is 12.3. The van der Waals surface area contributed by atoms with Gasteiger partial charge in [0, 0.05) is 10.6 Å². The van der Waals surface area contributed by atoms with Gasteiger partial charge in [0.25, 0.3) is 5.91 Å². The molecular weight excluding hydrogens is 429 g/mol. The molecule has 1 atom stereocenters. The minimum Gasteiger partial charge on any atom is -0.739 e. The number of carbonyl (C=O) groups excluding carboxylic acids is 2. The first-order valence-electron chi connectivity index (χ1n) is 7.79. The molecule has 0 fully saturated rings. The Hall–Kier alpha value is -1.76. The van der Waals surface area contributed by atoms with Crippen LogP contribution in [0.3, 0.4) is 0 Å². The van der Waals surface area contributed by atoms with Crippen molar-refractivity contribution in [2.75, 3.05) is 12.4 Å². The van der Waals surface area contributed by atoms with Gasteiger partial charge in [0.2, 0.25) is 6.04 Å². The molecule has 2 aromatic carbocycles. The number of hydrogen-bond donors (Lipinski definition) is 1. The van der Waals surface area contributed by atoms with Crippen LogP contribution >= 0.6 is 10.8 Å². The van der Waals surface area contributed by atoms with E-state index in [1.807, 2.05) is 0 Å². The molecule has 0 aliphatic heterocycles.